The summed E-state index contributed by atoms with van der Waals surface area (Å²) in [6, 6.07) is 23.7. The minimum atomic E-state index is -0.379. The van der Waals surface area contributed by atoms with Crippen LogP contribution in [0.15, 0.2) is 88.7 Å². The highest BCUT2D eigenvalue weighted by Crippen LogP contribution is 2.68. The molecule has 3 heterocycles. The molecule has 0 spiro atoms. The van der Waals surface area contributed by atoms with E-state index in [0.717, 1.165) is 21.9 Å². The molecular weight excluding hydrogens is 618 g/mol. The van der Waals surface area contributed by atoms with Gasteiger partial charge in [-0.25, -0.2) is 0 Å². The molecule has 11 heteroatoms. The third-order valence-corrected chi connectivity index (χ3v) is 12.3. The number of thiazole rings is 1. The van der Waals surface area contributed by atoms with Crippen LogP contribution in [-0.2, 0) is 14.4 Å². The van der Waals surface area contributed by atoms with Gasteiger partial charge >= 0.3 is 4.87 Å². The third kappa shape index (κ3) is 4.42. The summed E-state index contributed by atoms with van der Waals surface area (Å²) in [5.41, 5.74) is 2.28. The summed E-state index contributed by atoms with van der Waals surface area (Å²) < 4.78 is 5.77. The Morgan fingerprint density at radius 3 is 2.36 bits per heavy atom. The van der Waals surface area contributed by atoms with Crippen molar-refractivity contribution in [1.82, 2.24) is 4.98 Å². The maximum atomic E-state index is 13.9. The lowest BCUT2D eigenvalue weighted by molar-refractivity contribution is -0.123. The van der Waals surface area contributed by atoms with Crippen LogP contribution in [0, 0.1) is 29.6 Å². The summed E-state index contributed by atoms with van der Waals surface area (Å²) >= 11 is 8.96. The molecule has 2 N–H and O–H groups in total. The first-order valence-corrected chi connectivity index (χ1v) is 16.6. The number of rotatable bonds is 6. The number of imide groups is 1. The summed E-state index contributed by atoms with van der Waals surface area (Å²) in [5.74, 6) is -0.649. The molecule has 2 aliphatic heterocycles. The molecule has 222 valence electrons. The molecule has 44 heavy (non-hydrogen) atoms. The van der Waals surface area contributed by atoms with Gasteiger partial charge in [0.25, 0.3) is 5.91 Å². The zero-order valence-electron chi connectivity index (χ0n) is 23.1. The van der Waals surface area contributed by atoms with E-state index in [0.29, 0.717) is 22.1 Å². The molecule has 3 aromatic carbocycles. The molecule has 8 rings (SSSR count). The van der Waals surface area contributed by atoms with Gasteiger partial charge in [0.2, 0.25) is 11.8 Å². The molecule has 2 bridgehead atoms. The van der Waals surface area contributed by atoms with Crippen LogP contribution in [0.1, 0.15) is 22.8 Å². The number of carbonyl (C=O) groups excluding carboxylic acids is 3. The van der Waals surface area contributed by atoms with Crippen LogP contribution < -0.4 is 19.8 Å². The molecule has 3 amide bonds. The molecule has 3 fully saturated rings. The molecule has 1 aromatic heterocycles. The van der Waals surface area contributed by atoms with Crippen molar-refractivity contribution in [3.63, 3.8) is 0 Å². The van der Waals surface area contributed by atoms with Gasteiger partial charge in [-0.1, -0.05) is 53.3 Å². The van der Waals surface area contributed by atoms with Gasteiger partial charge in [0.05, 0.1) is 22.5 Å². The second kappa shape index (κ2) is 10.6. The van der Waals surface area contributed by atoms with Gasteiger partial charge in [-0.3, -0.25) is 24.1 Å². The fourth-order valence-electron chi connectivity index (χ4n) is 7.87. The lowest BCUT2D eigenvalue weighted by atomic mass is 9.68. The quantitative estimate of drug-likeness (QED) is 0.258. The van der Waals surface area contributed by atoms with Crippen molar-refractivity contribution in [2.75, 3.05) is 16.8 Å². The first-order valence-electron chi connectivity index (χ1n) is 14.5. The predicted molar refractivity (Wildman–Crippen MR) is 169 cm³/mol. The topological polar surface area (TPSA) is 109 Å². The lowest BCUT2D eigenvalue weighted by Gasteiger charge is -2.43. The van der Waals surface area contributed by atoms with Gasteiger partial charge in [0.15, 0.2) is 6.61 Å². The molecule has 4 aliphatic rings. The fraction of sp³-hybridized carbons (Fsp3) is 0.273. The van der Waals surface area contributed by atoms with Crippen molar-refractivity contribution in [2.45, 2.75) is 22.6 Å². The summed E-state index contributed by atoms with van der Waals surface area (Å²) in [6.07, 6.45) is 0.816. The summed E-state index contributed by atoms with van der Waals surface area (Å²) in [6.45, 7) is -0.129. The molecule has 1 saturated heterocycles. The number of benzene rings is 3. The van der Waals surface area contributed by atoms with Crippen LogP contribution in [0.2, 0.25) is 5.02 Å². The Morgan fingerprint density at radius 2 is 1.64 bits per heavy atom. The maximum Gasteiger partial charge on any atom is 0.305 e. The normalized spacial score (nSPS) is 28.0. The van der Waals surface area contributed by atoms with Gasteiger partial charge in [0, 0.05) is 26.8 Å². The monoisotopic (exact) mass is 643 g/mol. The number of amides is 3. The molecular formula is C33H26ClN3O5S2. The van der Waals surface area contributed by atoms with E-state index in [1.807, 2.05) is 54.6 Å². The number of anilines is 2. The van der Waals surface area contributed by atoms with Crippen molar-refractivity contribution in [3.8, 4) is 5.75 Å². The first-order chi connectivity index (χ1) is 21.4. The predicted octanol–water partition coefficient (Wildman–Crippen LogP) is 5.79. The highest BCUT2D eigenvalue weighted by Gasteiger charge is 2.69. The number of hydrogen-bond donors (Lipinski definition) is 2. The van der Waals surface area contributed by atoms with E-state index in [9.17, 15) is 19.2 Å². The van der Waals surface area contributed by atoms with Crippen molar-refractivity contribution < 1.29 is 19.1 Å². The lowest BCUT2D eigenvalue weighted by Crippen LogP contribution is -2.42. The van der Waals surface area contributed by atoms with Crippen molar-refractivity contribution in [3.05, 3.63) is 104 Å². The number of aromatic nitrogens is 1. The minimum absolute atomic E-state index is 0.0178. The Balaban J connectivity index is 1.06. The number of nitrogens with one attached hydrogen (secondary N) is 2. The molecule has 4 aromatic rings. The first kappa shape index (κ1) is 27.7. The Bertz CT molecular complexity index is 1840. The van der Waals surface area contributed by atoms with Crippen LogP contribution in [-0.4, -0.2) is 34.6 Å². The molecule has 0 radical (unpaired) electrons. The summed E-state index contributed by atoms with van der Waals surface area (Å²) in [4.78, 5) is 57.9. The average Bonchev–Trinajstić information content (AvgIpc) is 3.76. The van der Waals surface area contributed by atoms with E-state index >= 15 is 0 Å². The Labute approximate surface area is 265 Å². The second-order valence-electron chi connectivity index (χ2n) is 11.7. The fourth-order valence-corrected chi connectivity index (χ4v) is 10.9. The third-order valence-electron chi connectivity index (χ3n) is 9.48. The highest BCUT2D eigenvalue weighted by molar-refractivity contribution is 8.00. The van der Waals surface area contributed by atoms with Crippen LogP contribution in [0.4, 0.5) is 11.4 Å². The molecule has 2 aliphatic carbocycles. The summed E-state index contributed by atoms with van der Waals surface area (Å²) in [5, 5.41) is 4.32. The number of ether oxygens (including phenoxy) is 1. The number of nitrogens with zero attached hydrogens (tertiary/aromatic N) is 1. The zero-order valence-corrected chi connectivity index (χ0v) is 25.5. The largest absolute Gasteiger partial charge is 0.484 e. The molecule has 0 unspecified atom stereocenters. The van der Waals surface area contributed by atoms with E-state index in [-0.39, 0.29) is 70.0 Å². The van der Waals surface area contributed by atoms with Crippen LogP contribution in [0.3, 0.4) is 0 Å². The van der Waals surface area contributed by atoms with Crippen LogP contribution >= 0.6 is 34.7 Å². The van der Waals surface area contributed by atoms with Crippen LogP contribution in [0.5, 0.6) is 5.75 Å². The van der Waals surface area contributed by atoms with Gasteiger partial charge in [-0.2, -0.15) is 0 Å². The standard InChI is InChI=1S/C33H26ClN3O5S2/c34-17-8-10-19(11-9-17)37-31(39)26-21-14-22(27(26)32(37)40)28-25(21)24(29-30(43-28)36-33(41)44-29)16-6-12-20(13-7-16)42-15-23(38)35-18-4-2-1-3-5-18/h1-13,21-22,24-28H,14-15H2,(H,35,38)(H,36,41)/t21-,22-,24+,25-,26+,27+,28-/m1/s1. The van der Waals surface area contributed by atoms with Gasteiger partial charge < -0.3 is 15.0 Å². The van der Waals surface area contributed by atoms with Crippen molar-refractivity contribution >= 4 is 63.8 Å². The van der Waals surface area contributed by atoms with Gasteiger partial charge in [-0.15, -0.1) is 11.8 Å². The highest BCUT2D eigenvalue weighted by atomic mass is 35.5. The summed E-state index contributed by atoms with van der Waals surface area (Å²) in [7, 11) is 0. The van der Waals surface area contributed by atoms with E-state index in [1.54, 1.807) is 36.0 Å². The number of carbonyl (C=O) groups is 3. The smallest absolute Gasteiger partial charge is 0.305 e. The van der Waals surface area contributed by atoms with E-state index in [4.69, 9.17) is 16.3 Å². The molecule has 2 saturated carbocycles. The second-order valence-corrected chi connectivity index (χ2v) is 14.4. The number of fused-ring (bicyclic) bond motifs is 9. The number of H-pyrrole nitrogens is 1. The van der Waals surface area contributed by atoms with E-state index in [1.165, 1.54) is 16.2 Å². The average molecular weight is 644 g/mol. The maximum absolute atomic E-state index is 13.9. The number of aromatic amines is 1. The Hall–Kier alpha value is -3.86. The zero-order chi connectivity index (χ0) is 30.1. The SMILES string of the molecule is O=C(COc1ccc([C@@H]2c3sc(=O)[nH]c3S[C@@H]3[C@@H]4C[C@@H]([C@@H]5C(=O)N(c6ccc(Cl)cc6)C(=O)[C@@H]45)[C@H]23)cc1)Nc1ccccc1. The molecule has 8 nitrogen and oxygen atoms in total. The van der Waals surface area contributed by atoms with Gasteiger partial charge in [-0.05, 0) is 78.3 Å². The minimum Gasteiger partial charge on any atom is -0.484 e. The molecule has 7 atom stereocenters. The number of halogens is 1. The van der Waals surface area contributed by atoms with Gasteiger partial charge in [0.1, 0.15) is 5.75 Å². The Kier molecular flexibility index (Phi) is 6.69. The Morgan fingerprint density at radius 1 is 0.932 bits per heavy atom. The number of para-hydroxylation sites is 1. The number of hydrogen-bond acceptors (Lipinski definition) is 7. The van der Waals surface area contributed by atoms with E-state index < -0.39 is 0 Å². The van der Waals surface area contributed by atoms with Crippen LogP contribution in [0.25, 0.3) is 0 Å². The van der Waals surface area contributed by atoms with E-state index in [2.05, 4.69) is 10.3 Å². The number of thioether (sulfide) groups is 1. The van der Waals surface area contributed by atoms with Crippen molar-refractivity contribution in [1.29, 1.82) is 0 Å². The van der Waals surface area contributed by atoms with Crippen molar-refractivity contribution in [2.24, 2.45) is 29.6 Å².